The monoisotopic (exact) mass is 1100 g/mol. The molecule has 2 aromatic rings. The molecule has 2 aliphatic heterocycles. The van der Waals surface area contributed by atoms with Crippen molar-refractivity contribution in [1.29, 1.82) is 0 Å². The Morgan fingerprint density at radius 2 is 1.33 bits per heavy atom. The molecule has 2 atom stereocenters. The van der Waals surface area contributed by atoms with Crippen molar-refractivity contribution >= 4 is 96.3 Å². The number of hydrogen-bond donors (Lipinski definition) is 2. The second-order valence-corrected chi connectivity index (χ2v) is 20.3. The van der Waals surface area contributed by atoms with Gasteiger partial charge in [0.25, 0.3) is 0 Å². The van der Waals surface area contributed by atoms with Gasteiger partial charge in [0.2, 0.25) is 5.91 Å². The number of fused-ring (bicyclic) bond motifs is 6. The van der Waals surface area contributed by atoms with Crippen molar-refractivity contribution in [3.05, 3.63) is 62.6 Å². The molecule has 0 saturated carbocycles. The number of amides is 1. The van der Waals surface area contributed by atoms with E-state index in [0.29, 0.717) is 12.3 Å². The largest absolute Gasteiger partial charge is 0.493 e. The molecular weight excluding hydrogens is 1060 g/mol. The van der Waals surface area contributed by atoms with Crippen LogP contribution in [0.1, 0.15) is 70.9 Å². The second-order valence-electron chi connectivity index (χ2n) is 9.46. The number of nitrogens with two attached hydrogens (primary N) is 1. The van der Waals surface area contributed by atoms with Crippen LogP contribution in [0.3, 0.4) is 0 Å². The van der Waals surface area contributed by atoms with Crippen molar-refractivity contribution in [3.8, 4) is 11.5 Å². The summed E-state index contributed by atoms with van der Waals surface area (Å²) in [5.74, 6) is 3.03. The van der Waals surface area contributed by atoms with Crippen molar-refractivity contribution in [2.45, 2.75) is 63.1 Å². The molecule has 0 fully saturated rings. The van der Waals surface area contributed by atoms with Crippen LogP contribution in [0.5, 0.6) is 11.5 Å². The van der Waals surface area contributed by atoms with Crippen molar-refractivity contribution < 1.29 is 71.3 Å². The van der Waals surface area contributed by atoms with Gasteiger partial charge in [-0.2, -0.15) is 0 Å². The van der Waals surface area contributed by atoms with Gasteiger partial charge in [0.1, 0.15) is 11.4 Å². The Balaban J connectivity index is 0.000000313. The molecule has 11 heteroatoms. The van der Waals surface area contributed by atoms with Crippen molar-refractivity contribution in [3.63, 3.8) is 0 Å². The van der Waals surface area contributed by atoms with Gasteiger partial charge in [-0.25, -0.2) is 0 Å². The Hall–Kier alpha value is 2.08. The molecule has 0 spiro atoms. The van der Waals surface area contributed by atoms with Gasteiger partial charge in [-0.15, -0.1) is 0 Å². The number of aryl methyl sites for hydroxylation is 2. The van der Waals surface area contributed by atoms with E-state index in [1.54, 1.807) is 11.1 Å². The smallest absolute Gasteiger partial charge is 0.218 e. The number of carbonyl (C=O) groups is 1. The van der Waals surface area contributed by atoms with E-state index in [9.17, 15) is 4.79 Å². The van der Waals surface area contributed by atoms with Gasteiger partial charge < -0.3 is 43.5 Å². The molecule has 5 N–H and O–H groups in total. The van der Waals surface area contributed by atoms with Crippen molar-refractivity contribution in [1.82, 2.24) is 0 Å². The summed E-state index contributed by atoms with van der Waals surface area (Å²) in [6, 6.07) is 8.63. The van der Waals surface area contributed by atoms with Crippen LogP contribution in [0.2, 0.25) is 0 Å². The second kappa shape index (κ2) is 20.2. The summed E-state index contributed by atoms with van der Waals surface area (Å²) in [5.41, 5.74) is 18.0. The van der Waals surface area contributed by atoms with Crippen LogP contribution >= 0.6 is 90.4 Å². The number of ether oxygens (including phenoxy) is 2. The summed E-state index contributed by atoms with van der Waals surface area (Å²) < 4.78 is 11.9. The molecule has 0 bridgehead atoms. The summed E-state index contributed by atoms with van der Waals surface area (Å²) in [7, 11) is 0. The van der Waals surface area contributed by atoms with Crippen molar-refractivity contribution in [2.24, 2.45) is 5.73 Å². The molecule has 0 unspecified atom stereocenters. The molecule has 2 aromatic carbocycles. The molecule has 1 amide bonds. The fourth-order valence-electron chi connectivity index (χ4n) is 6.08. The minimum Gasteiger partial charge on any atom is -0.493 e. The first-order chi connectivity index (χ1) is 17.9. The van der Waals surface area contributed by atoms with E-state index in [-0.39, 0.29) is 57.2 Å². The van der Waals surface area contributed by atoms with Crippen LogP contribution in [-0.2, 0) is 81.7 Å². The fourth-order valence-corrected chi connectivity index (χ4v) is 6.08. The summed E-state index contributed by atoms with van der Waals surface area (Å²) in [5, 5.41) is 0. The molecule has 2 radical (unpaired) electrons. The first-order valence-corrected chi connectivity index (χ1v) is 18.0. The zero-order valence-electron chi connectivity index (χ0n) is 22.1. The van der Waals surface area contributed by atoms with Gasteiger partial charge in [-0.3, -0.25) is 9.73 Å². The molecule has 0 saturated heterocycles. The number of alkyl halides is 3. The third-order valence-electron chi connectivity index (χ3n) is 7.37. The molecule has 0 aromatic heterocycles. The van der Waals surface area contributed by atoms with E-state index in [4.69, 9.17) is 15.2 Å². The standard InChI is InChI=1S/C13H15NO2.C13H17NO.CHI3.CH2I.V.Y/c14-12(15)7-9-2-1-8-3-4-11-10(13(8)9)5-6-16-11;14-7-5-10-2-1-9-3-4-12-11(13(9)10)6-8-15-12;2-1(3)4;1-2;;/h3-4,9H,1-2,5-7H2,(H2,14,15);3-4,10H,1-2,5-8,14H2;1H;1H2;;/q;;;-1;;/p+1/t9-;10-;;;;/m00..../s1. The Morgan fingerprint density at radius 1 is 0.897 bits per heavy atom. The van der Waals surface area contributed by atoms with Crippen LogP contribution in [0, 0.1) is 4.93 Å². The number of rotatable bonds is 4. The maximum atomic E-state index is 11.1. The first kappa shape index (κ1) is 39.1. The summed E-state index contributed by atoms with van der Waals surface area (Å²) in [6.07, 6.45) is 8.51. The minimum absolute atomic E-state index is 0. The number of halogens is 4. The summed E-state index contributed by atoms with van der Waals surface area (Å²) >= 11 is 8.85. The zero-order chi connectivity index (χ0) is 26.9. The van der Waals surface area contributed by atoms with Gasteiger partial charge in [0, 0.05) is 88.1 Å². The predicted molar refractivity (Wildman–Crippen MR) is 185 cm³/mol. The first-order valence-electron chi connectivity index (χ1n) is 12.7. The number of carbonyl (C=O) groups excluding carboxylic acids is 1. The Labute approximate surface area is 325 Å². The van der Waals surface area contributed by atoms with Crippen LogP contribution in [0.4, 0.5) is 0 Å². The molecule has 39 heavy (non-hydrogen) atoms. The van der Waals surface area contributed by atoms with Crippen molar-refractivity contribution in [2.75, 3.05) is 19.8 Å². The quantitative estimate of drug-likeness (QED) is 0.206. The van der Waals surface area contributed by atoms with Crippen LogP contribution in [-0.4, -0.2) is 25.6 Å². The van der Waals surface area contributed by atoms with Gasteiger partial charge >= 0.3 is 0 Å². The average molecular weight is 1100 g/mol. The Morgan fingerprint density at radius 3 is 1.77 bits per heavy atom. The maximum Gasteiger partial charge on any atom is 0.218 e. The predicted octanol–water partition coefficient (Wildman–Crippen LogP) is 6.59. The molecular formula is C28H36I4N2O3VY. The molecule has 6 rings (SSSR count). The molecule has 5 nitrogen and oxygen atoms in total. The third-order valence-corrected chi connectivity index (χ3v) is 7.37. The van der Waals surface area contributed by atoms with Crippen LogP contribution < -0.4 is 20.9 Å². The Bertz CT molecular complexity index is 1070. The van der Waals surface area contributed by atoms with Crippen LogP contribution in [0.15, 0.2) is 24.3 Å². The van der Waals surface area contributed by atoms with E-state index in [2.05, 4.69) is 103 Å². The molecule has 4 aliphatic rings. The van der Waals surface area contributed by atoms with Gasteiger partial charge in [-0.1, -0.05) is 79.9 Å². The fraction of sp³-hybridized carbons (Fsp3) is 0.500. The van der Waals surface area contributed by atoms with E-state index in [1.807, 2.05) is 22.6 Å². The SMILES string of the molecule is IC(I)I.NC(=O)C[C@@H]1CCc2ccc3c(c21)CCO3.[CH2-]I.[NH3+]CC[C@@H]1CCc2ccc3c(c21)CCO3.[V].[Y]. The Kier molecular flexibility index (Phi) is 20.2. The van der Waals surface area contributed by atoms with E-state index in [0.717, 1.165) is 62.8 Å². The van der Waals surface area contributed by atoms with E-state index < -0.39 is 0 Å². The van der Waals surface area contributed by atoms with Gasteiger partial charge in [0.15, 0.2) is 0 Å². The molecule has 212 valence electrons. The van der Waals surface area contributed by atoms with Gasteiger partial charge in [0.05, 0.1) is 19.8 Å². The topological polar surface area (TPSA) is 89.2 Å². The number of benzene rings is 2. The summed E-state index contributed by atoms with van der Waals surface area (Å²) in [4.78, 5) is 14.3. The van der Waals surface area contributed by atoms with Gasteiger partial charge in [-0.05, 0) is 71.9 Å². The minimum atomic E-state index is -0.200. The zero-order valence-corrected chi connectivity index (χ0v) is 34.9. The van der Waals surface area contributed by atoms with E-state index >= 15 is 0 Å². The average Bonchev–Trinajstić information content (AvgIpc) is 3.65. The number of quaternary nitrogens is 1. The molecule has 2 aliphatic carbocycles. The maximum absolute atomic E-state index is 11.1. The molecule has 2 heterocycles. The third kappa shape index (κ3) is 10.9. The number of primary amides is 1. The normalized spacial score (nSPS) is 18.4. The van der Waals surface area contributed by atoms with E-state index in [1.165, 1.54) is 41.5 Å². The summed E-state index contributed by atoms with van der Waals surface area (Å²) in [6.45, 7) is 2.70. The number of hydrogen-bond acceptors (Lipinski definition) is 3. The van der Waals surface area contributed by atoms with Crippen LogP contribution in [0.25, 0.3) is 0 Å².